The number of carbonyl (C=O) groups is 1. The van der Waals surface area contributed by atoms with Crippen molar-refractivity contribution in [3.63, 3.8) is 0 Å². The smallest absolute Gasteiger partial charge is 0.379 e. The van der Waals surface area contributed by atoms with Crippen LogP contribution in [0.2, 0.25) is 0 Å². The highest BCUT2D eigenvalue weighted by Crippen LogP contribution is 2.31. The van der Waals surface area contributed by atoms with Gasteiger partial charge in [0.25, 0.3) is 0 Å². The van der Waals surface area contributed by atoms with Crippen LogP contribution in [0.3, 0.4) is 0 Å². The maximum atomic E-state index is 13.5. The first-order valence-electron chi connectivity index (χ1n) is 12.3. The molecule has 192 valence electrons. The number of rotatable bonds is 6. The van der Waals surface area contributed by atoms with Gasteiger partial charge in [-0.1, -0.05) is 48.5 Å². The first-order valence-corrected chi connectivity index (χ1v) is 12.3. The Labute approximate surface area is 213 Å². The third-order valence-electron chi connectivity index (χ3n) is 6.77. The highest BCUT2D eigenvalue weighted by molar-refractivity contribution is 6.02. The van der Waals surface area contributed by atoms with E-state index in [9.17, 15) is 18.0 Å². The largest absolute Gasteiger partial charge is 0.416 e. The van der Waals surface area contributed by atoms with Crippen molar-refractivity contribution in [3.8, 4) is 0 Å². The number of halogens is 3. The summed E-state index contributed by atoms with van der Waals surface area (Å²) in [6.07, 6.45) is -4.43. The molecule has 0 saturated carbocycles. The number of anilines is 1. The van der Waals surface area contributed by atoms with E-state index in [0.29, 0.717) is 38.5 Å². The summed E-state index contributed by atoms with van der Waals surface area (Å²) in [5, 5.41) is 7.12. The lowest BCUT2D eigenvalue weighted by atomic mass is 9.96. The third kappa shape index (κ3) is 5.87. The molecule has 1 aliphatic rings. The van der Waals surface area contributed by atoms with E-state index < -0.39 is 11.7 Å². The van der Waals surface area contributed by atoms with Crippen molar-refractivity contribution in [1.82, 2.24) is 9.80 Å². The molecule has 1 heterocycles. The molecule has 0 unspecified atom stereocenters. The molecule has 4 aromatic rings. The van der Waals surface area contributed by atoms with Gasteiger partial charge in [-0.2, -0.15) is 13.2 Å². The fourth-order valence-corrected chi connectivity index (χ4v) is 4.75. The Morgan fingerprint density at radius 3 is 2.08 bits per heavy atom. The van der Waals surface area contributed by atoms with E-state index >= 15 is 0 Å². The first kappa shape index (κ1) is 25.0. The zero-order valence-corrected chi connectivity index (χ0v) is 20.3. The minimum atomic E-state index is -4.43. The zero-order chi connectivity index (χ0) is 25.8. The van der Waals surface area contributed by atoms with Crippen molar-refractivity contribution >= 4 is 33.3 Å². The zero-order valence-electron chi connectivity index (χ0n) is 20.3. The number of ether oxygens (including phenoxy) is 1. The van der Waals surface area contributed by atoms with Crippen LogP contribution in [-0.2, 0) is 17.5 Å². The minimum Gasteiger partial charge on any atom is -0.379 e. The number of fused-ring (bicyclic) bond motifs is 2. The summed E-state index contributed by atoms with van der Waals surface area (Å²) in [5.41, 5.74) is 0.604. The summed E-state index contributed by atoms with van der Waals surface area (Å²) in [5.74, 6) is 0. The van der Waals surface area contributed by atoms with Crippen LogP contribution >= 0.6 is 0 Å². The monoisotopic (exact) mass is 507 g/mol. The first-order chi connectivity index (χ1) is 17.9. The van der Waals surface area contributed by atoms with E-state index in [1.807, 2.05) is 24.3 Å². The maximum absolute atomic E-state index is 13.5. The van der Waals surface area contributed by atoms with Gasteiger partial charge in [0, 0.05) is 38.4 Å². The number of amides is 2. The number of morpholine rings is 1. The van der Waals surface area contributed by atoms with Crippen molar-refractivity contribution in [2.45, 2.75) is 12.7 Å². The SMILES string of the molecule is O=C(Nc1ccc(C(F)(F)F)cc1)N(CCN1CCOCC1)Cc1c2ccccc2cc2ccccc12. The average molecular weight is 508 g/mol. The molecule has 0 aliphatic carbocycles. The number of hydrogen-bond acceptors (Lipinski definition) is 3. The molecule has 0 radical (unpaired) electrons. The molecule has 0 aromatic heterocycles. The Kier molecular flexibility index (Phi) is 7.30. The predicted octanol–water partition coefficient (Wildman–Crippen LogP) is 6.38. The van der Waals surface area contributed by atoms with Crippen molar-refractivity contribution in [3.05, 3.63) is 90.0 Å². The van der Waals surface area contributed by atoms with Gasteiger partial charge in [-0.15, -0.1) is 0 Å². The van der Waals surface area contributed by atoms with Crippen molar-refractivity contribution in [2.75, 3.05) is 44.7 Å². The molecular weight excluding hydrogens is 479 g/mol. The summed E-state index contributed by atoms with van der Waals surface area (Å²) < 4.78 is 44.4. The molecule has 1 N–H and O–H groups in total. The number of urea groups is 1. The van der Waals surface area contributed by atoms with Gasteiger partial charge in [0.2, 0.25) is 0 Å². The molecule has 0 spiro atoms. The highest BCUT2D eigenvalue weighted by Gasteiger charge is 2.30. The van der Waals surface area contributed by atoms with Crippen LogP contribution in [0.4, 0.5) is 23.7 Å². The van der Waals surface area contributed by atoms with Crippen LogP contribution in [0.5, 0.6) is 0 Å². The van der Waals surface area contributed by atoms with Gasteiger partial charge in [0.15, 0.2) is 0 Å². The van der Waals surface area contributed by atoms with E-state index in [4.69, 9.17) is 4.74 Å². The fourth-order valence-electron chi connectivity index (χ4n) is 4.75. The number of alkyl halides is 3. The number of benzene rings is 4. The lowest BCUT2D eigenvalue weighted by molar-refractivity contribution is -0.137. The van der Waals surface area contributed by atoms with Gasteiger partial charge < -0.3 is 15.0 Å². The molecular formula is C29H28F3N3O2. The van der Waals surface area contributed by atoms with E-state index in [-0.39, 0.29) is 6.03 Å². The third-order valence-corrected chi connectivity index (χ3v) is 6.77. The second kappa shape index (κ2) is 10.8. The lowest BCUT2D eigenvalue weighted by Gasteiger charge is -2.30. The summed E-state index contributed by atoms with van der Waals surface area (Å²) in [6, 6.07) is 22.5. The Hall–Kier alpha value is -3.62. The molecule has 8 heteroatoms. The Morgan fingerprint density at radius 2 is 1.49 bits per heavy atom. The molecule has 0 bridgehead atoms. The number of nitrogens with one attached hydrogen (secondary N) is 1. The molecule has 4 aromatic carbocycles. The number of hydrogen-bond donors (Lipinski definition) is 1. The maximum Gasteiger partial charge on any atom is 0.416 e. The molecule has 2 amide bonds. The van der Waals surface area contributed by atoms with Gasteiger partial charge in [0.1, 0.15) is 0 Å². The highest BCUT2D eigenvalue weighted by atomic mass is 19.4. The summed E-state index contributed by atoms with van der Waals surface area (Å²) >= 11 is 0. The normalized spacial score (nSPS) is 14.7. The molecule has 1 saturated heterocycles. The summed E-state index contributed by atoms with van der Waals surface area (Å²) in [6.45, 7) is 4.41. The van der Waals surface area contributed by atoms with Crippen LogP contribution in [-0.4, -0.2) is 55.2 Å². The molecule has 1 aliphatic heterocycles. The summed E-state index contributed by atoms with van der Waals surface area (Å²) in [4.78, 5) is 17.5. The minimum absolute atomic E-state index is 0.317. The van der Waals surface area contributed by atoms with E-state index in [1.165, 1.54) is 12.1 Å². The molecule has 37 heavy (non-hydrogen) atoms. The van der Waals surface area contributed by atoms with E-state index in [1.54, 1.807) is 4.90 Å². The standard InChI is InChI=1S/C29H28F3N3O2/c30-29(31,32)23-9-11-24(12-10-23)33-28(36)35(14-13-34-15-17-37-18-16-34)20-27-25-7-3-1-5-21(25)19-22-6-2-4-8-26(22)27/h1-12,19H,13-18,20H2,(H,33,36). The van der Waals surface area contributed by atoms with Gasteiger partial charge in [-0.05, 0) is 57.4 Å². The van der Waals surface area contributed by atoms with Crippen LogP contribution < -0.4 is 5.32 Å². The Morgan fingerprint density at radius 1 is 0.892 bits per heavy atom. The van der Waals surface area contributed by atoms with Crippen molar-refractivity contribution in [1.29, 1.82) is 0 Å². The van der Waals surface area contributed by atoms with Gasteiger partial charge >= 0.3 is 12.2 Å². The van der Waals surface area contributed by atoms with E-state index in [0.717, 1.165) is 52.3 Å². The van der Waals surface area contributed by atoms with Crippen molar-refractivity contribution < 1.29 is 22.7 Å². The molecule has 5 nitrogen and oxygen atoms in total. The fraction of sp³-hybridized carbons (Fsp3) is 0.276. The quantitative estimate of drug-likeness (QED) is 0.308. The number of carbonyl (C=O) groups excluding carboxylic acids is 1. The Balaban J connectivity index is 1.44. The topological polar surface area (TPSA) is 44.8 Å². The van der Waals surface area contributed by atoms with E-state index in [2.05, 4.69) is 40.5 Å². The van der Waals surface area contributed by atoms with Crippen LogP contribution in [0.15, 0.2) is 78.9 Å². The molecule has 5 rings (SSSR count). The van der Waals surface area contributed by atoms with Gasteiger partial charge in [-0.25, -0.2) is 4.79 Å². The second-order valence-electron chi connectivity index (χ2n) is 9.18. The van der Waals surface area contributed by atoms with Gasteiger partial charge in [-0.3, -0.25) is 4.90 Å². The van der Waals surface area contributed by atoms with Gasteiger partial charge in [0.05, 0.1) is 18.8 Å². The predicted molar refractivity (Wildman–Crippen MR) is 140 cm³/mol. The summed E-state index contributed by atoms with van der Waals surface area (Å²) in [7, 11) is 0. The van der Waals surface area contributed by atoms with Crippen molar-refractivity contribution in [2.24, 2.45) is 0 Å². The van der Waals surface area contributed by atoms with Crippen LogP contribution in [0.25, 0.3) is 21.5 Å². The Bertz CT molecular complexity index is 1330. The van der Waals surface area contributed by atoms with Crippen LogP contribution in [0, 0.1) is 0 Å². The molecule has 1 fully saturated rings. The molecule has 0 atom stereocenters. The second-order valence-corrected chi connectivity index (χ2v) is 9.18. The average Bonchev–Trinajstić information content (AvgIpc) is 2.91. The number of nitrogens with zero attached hydrogens (tertiary/aromatic N) is 2. The lowest BCUT2D eigenvalue weighted by Crippen LogP contribution is -2.44. The van der Waals surface area contributed by atoms with Crippen LogP contribution in [0.1, 0.15) is 11.1 Å².